The van der Waals surface area contributed by atoms with E-state index < -0.39 is 0 Å². The van der Waals surface area contributed by atoms with Crippen LogP contribution in [0.4, 0.5) is 0 Å². The van der Waals surface area contributed by atoms with Crippen LogP contribution in [0.25, 0.3) is 0 Å². The van der Waals surface area contributed by atoms with Crippen molar-refractivity contribution in [1.82, 2.24) is 31.1 Å². The molecule has 0 unspecified atom stereocenters. The molecule has 1 aromatic rings. The van der Waals surface area contributed by atoms with Gasteiger partial charge in [0.15, 0.2) is 0 Å². The Morgan fingerprint density at radius 1 is 0.500 bits per heavy atom. The molecule has 0 bridgehead atoms. The molecule has 2 aliphatic rings. The average Bonchev–Trinajstić information content (AvgIpc) is 2.92. The number of nitrogens with one attached hydrogen (secondary N) is 4. The molecule has 6 nitrogen and oxygen atoms in total. The predicted octanol–water partition coefficient (Wildman–Crippen LogP) is 3.48. The summed E-state index contributed by atoms with van der Waals surface area (Å²) in [5, 5.41) is 14.4. The lowest BCUT2D eigenvalue weighted by atomic mass is 10.1. The molecular formula is C30H56N6S2. The highest BCUT2D eigenvalue weighted by Gasteiger charge is 2.10. The normalized spacial score (nSPS) is 22.9. The van der Waals surface area contributed by atoms with E-state index in [0.29, 0.717) is 0 Å². The van der Waals surface area contributed by atoms with Gasteiger partial charge in [0.05, 0.1) is 0 Å². The van der Waals surface area contributed by atoms with Crippen molar-refractivity contribution in [3.05, 3.63) is 35.4 Å². The second-order valence-corrected chi connectivity index (χ2v) is 13.2. The second kappa shape index (κ2) is 22.4. The molecule has 1 aromatic carbocycles. The van der Waals surface area contributed by atoms with Crippen LogP contribution in [0.3, 0.4) is 0 Å². The quantitative estimate of drug-likeness (QED) is 0.444. The van der Waals surface area contributed by atoms with Crippen molar-refractivity contribution in [3.8, 4) is 0 Å². The fraction of sp³-hybridized carbons (Fsp3) is 0.800. The van der Waals surface area contributed by atoms with Crippen LogP contribution in [0.2, 0.25) is 0 Å². The van der Waals surface area contributed by atoms with E-state index in [9.17, 15) is 0 Å². The van der Waals surface area contributed by atoms with E-state index in [1.54, 1.807) is 0 Å². The number of hydrogen-bond acceptors (Lipinski definition) is 8. The van der Waals surface area contributed by atoms with Gasteiger partial charge in [-0.2, -0.15) is 23.5 Å². The van der Waals surface area contributed by atoms with Gasteiger partial charge in [0.1, 0.15) is 0 Å². The van der Waals surface area contributed by atoms with Gasteiger partial charge in [-0.15, -0.1) is 0 Å². The standard InChI is InChI=1S/C30H56N6S2/c1-8-29(27-35-19-6-24-37-22-4-13-31-14-5-23-38-25-7-20-35)26-30(9-1)28-36-18-3-12-33-16-15-32-10-2-11-34-17-21-36/h1,8-9,26,31-34H,2-7,10-25,27-28H2. The summed E-state index contributed by atoms with van der Waals surface area (Å²) in [5.74, 6) is 5.17. The monoisotopic (exact) mass is 564 g/mol. The van der Waals surface area contributed by atoms with Gasteiger partial charge in [-0.05, 0) is 125 Å². The highest BCUT2D eigenvalue weighted by atomic mass is 32.2. The van der Waals surface area contributed by atoms with E-state index >= 15 is 0 Å². The van der Waals surface area contributed by atoms with Crippen LogP contribution in [-0.4, -0.2) is 111 Å². The summed E-state index contributed by atoms with van der Waals surface area (Å²) >= 11 is 4.28. The summed E-state index contributed by atoms with van der Waals surface area (Å²) in [4.78, 5) is 5.37. The third kappa shape index (κ3) is 16.1. The van der Waals surface area contributed by atoms with E-state index in [1.165, 1.54) is 98.8 Å². The van der Waals surface area contributed by atoms with Gasteiger partial charge in [0, 0.05) is 39.3 Å². The molecule has 38 heavy (non-hydrogen) atoms. The maximum atomic E-state index is 3.65. The largest absolute Gasteiger partial charge is 0.317 e. The van der Waals surface area contributed by atoms with E-state index in [4.69, 9.17) is 0 Å². The lowest BCUT2D eigenvalue weighted by molar-refractivity contribution is 0.258. The van der Waals surface area contributed by atoms with Gasteiger partial charge < -0.3 is 21.3 Å². The topological polar surface area (TPSA) is 54.6 Å². The van der Waals surface area contributed by atoms with Gasteiger partial charge in [-0.1, -0.05) is 24.3 Å². The summed E-state index contributed by atoms with van der Waals surface area (Å²) in [7, 11) is 0. The number of thioether (sulfide) groups is 2. The zero-order chi connectivity index (χ0) is 26.4. The Morgan fingerprint density at radius 2 is 0.974 bits per heavy atom. The molecule has 3 rings (SSSR count). The lowest BCUT2D eigenvalue weighted by Gasteiger charge is -2.25. The maximum absolute atomic E-state index is 3.65. The first-order valence-corrected chi connectivity index (χ1v) is 17.7. The molecule has 2 heterocycles. The minimum Gasteiger partial charge on any atom is -0.317 e. The van der Waals surface area contributed by atoms with Crippen molar-refractivity contribution in [2.75, 3.05) is 102 Å². The Morgan fingerprint density at radius 3 is 1.63 bits per heavy atom. The minimum atomic E-state index is 1.05. The van der Waals surface area contributed by atoms with Gasteiger partial charge >= 0.3 is 0 Å². The van der Waals surface area contributed by atoms with Crippen molar-refractivity contribution in [1.29, 1.82) is 0 Å². The first kappa shape index (κ1) is 32.2. The zero-order valence-corrected chi connectivity index (χ0v) is 25.6. The molecule has 4 N–H and O–H groups in total. The van der Waals surface area contributed by atoms with Crippen molar-refractivity contribution in [2.45, 2.75) is 51.6 Å². The predicted molar refractivity (Wildman–Crippen MR) is 171 cm³/mol. The van der Waals surface area contributed by atoms with E-state index in [1.807, 2.05) is 0 Å². The summed E-state index contributed by atoms with van der Waals surface area (Å²) in [6.07, 6.45) is 7.61. The Balaban J connectivity index is 1.50. The fourth-order valence-corrected chi connectivity index (χ4v) is 6.92. The lowest BCUT2D eigenvalue weighted by Crippen LogP contribution is -2.36. The Kier molecular flexibility index (Phi) is 19.0. The summed E-state index contributed by atoms with van der Waals surface area (Å²) in [6.45, 7) is 15.8. The smallest absolute Gasteiger partial charge is 0.0234 e. The van der Waals surface area contributed by atoms with Crippen molar-refractivity contribution in [3.63, 3.8) is 0 Å². The molecule has 0 spiro atoms. The molecule has 0 saturated carbocycles. The SMILES string of the molecule is c1cc(CN2CCCSCCCNCCCSCCC2)cc(CN2CCCNCCNCCCNCC2)c1. The van der Waals surface area contributed by atoms with Crippen LogP contribution in [0.5, 0.6) is 0 Å². The van der Waals surface area contributed by atoms with Gasteiger partial charge in [0.2, 0.25) is 0 Å². The Labute approximate surface area is 242 Å². The zero-order valence-electron chi connectivity index (χ0n) is 24.0. The van der Waals surface area contributed by atoms with Crippen LogP contribution in [0, 0.1) is 0 Å². The molecule has 0 aliphatic carbocycles. The Hall–Kier alpha value is -0.320. The number of benzene rings is 1. The number of rotatable bonds is 4. The van der Waals surface area contributed by atoms with Crippen molar-refractivity contribution < 1.29 is 0 Å². The van der Waals surface area contributed by atoms with E-state index in [-0.39, 0.29) is 0 Å². The molecule has 2 fully saturated rings. The molecule has 0 atom stereocenters. The van der Waals surface area contributed by atoms with Crippen LogP contribution in [0.1, 0.15) is 49.7 Å². The number of nitrogens with zero attached hydrogens (tertiary/aromatic N) is 2. The first-order valence-electron chi connectivity index (χ1n) is 15.4. The molecule has 8 heteroatoms. The van der Waals surface area contributed by atoms with E-state index in [2.05, 4.69) is 78.9 Å². The molecule has 0 aromatic heterocycles. The average molecular weight is 565 g/mol. The molecule has 0 amide bonds. The minimum absolute atomic E-state index is 1.05. The van der Waals surface area contributed by atoms with Crippen LogP contribution < -0.4 is 21.3 Å². The third-order valence-corrected chi connectivity index (χ3v) is 9.54. The highest BCUT2D eigenvalue weighted by Crippen LogP contribution is 2.14. The Bertz CT molecular complexity index is 664. The van der Waals surface area contributed by atoms with Crippen molar-refractivity contribution >= 4 is 23.5 Å². The summed E-state index contributed by atoms with van der Waals surface area (Å²) in [6, 6.07) is 9.46. The number of hydrogen-bond donors (Lipinski definition) is 4. The van der Waals surface area contributed by atoms with Crippen LogP contribution in [-0.2, 0) is 13.1 Å². The van der Waals surface area contributed by atoms with E-state index in [0.717, 1.165) is 65.4 Å². The van der Waals surface area contributed by atoms with Gasteiger partial charge in [0.25, 0.3) is 0 Å². The third-order valence-electron chi connectivity index (χ3n) is 7.23. The maximum Gasteiger partial charge on any atom is 0.0234 e. The van der Waals surface area contributed by atoms with Crippen LogP contribution in [0.15, 0.2) is 24.3 Å². The first-order chi connectivity index (χ1) is 18.9. The molecule has 218 valence electrons. The summed E-state index contributed by atoms with van der Waals surface area (Å²) < 4.78 is 0. The molecular weight excluding hydrogens is 509 g/mol. The van der Waals surface area contributed by atoms with Crippen molar-refractivity contribution in [2.24, 2.45) is 0 Å². The molecule has 0 radical (unpaired) electrons. The highest BCUT2D eigenvalue weighted by molar-refractivity contribution is 7.99. The molecule has 2 saturated heterocycles. The second-order valence-electron chi connectivity index (χ2n) is 10.7. The van der Waals surface area contributed by atoms with Gasteiger partial charge in [-0.25, -0.2) is 0 Å². The molecule has 2 aliphatic heterocycles. The summed E-state index contributed by atoms with van der Waals surface area (Å²) in [5.41, 5.74) is 2.95. The van der Waals surface area contributed by atoms with Crippen LogP contribution >= 0.6 is 23.5 Å². The fourth-order valence-electron chi connectivity index (χ4n) is 5.15. The van der Waals surface area contributed by atoms with Gasteiger partial charge in [-0.3, -0.25) is 9.80 Å².